The second-order valence-corrected chi connectivity index (χ2v) is 7.42. The summed E-state index contributed by atoms with van der Waals surface area (Å²) in [6.45, 7) is 0. The van der Waals surface area contributed by atoms with Crippen LogP contribution in [0.4, 0.5) is 8.78 Å². The van der Waals surface area contributed by atoms with Crippen molar-refractivity contribution in [1.82, 2.24) is 4.98 Å². The Morgan fingerprint density at radius 3 is 2.30 bits per heavy atom. The molecule has 0 bridgehead atoms. The van der Waals surface area contributed by atoms with Crippen molar-refractivity contribution in [1.29, 1.82) is 0 Å². The molecular weight excluding hydrogens is 396 g/mol. The van der Waals surface area contributed by atoms with E-state index in [2.05, 4.69) is 4.98 Å². The highest BCUT2D eigenvalue weighted by atomic mass is 35.5. The van der Waals surface area contributed by atoms with Crippen LogP contribution in [0.5, 0.6) is 11.5 Å². The number of aromatic hydroxyl groups is 2. The van der Waals surface area contributed by atoms with Gasteiger partial charge in [0.1, 0.15) is 32.3 Å². The molecule has 0 aliphatic rings. The number of benzene rings is 2. The highest BCUT2D eigenvalue weighted by Crippen LogP contribution is 2.48. The van der Waals surface area contributed by atoms with E-state index in [4.69, 9.17) is 11.6 Å². The summed E-state index contributed by atoms with van der Waals surface area (Å²) < 4.78 is 26.7. The van der Waals surface area contributed by atoms with Crippen LogP contribution in [0.2, 0.25) is 4.34 Å². The Morgan fingerprint density at radius 2 is 1.63 bits per heavy atom. The molecule has 4 aromatic rings. The van der Waals surface area contributed by atoms with Crippen LogP contribution in [0.1, 0.15) is 0 Å². The van der Waals surface area contributed by atoms with E-state index < -0.39 is 17.2 Å². The largest absolute Gasteiger partial charge is 0.507 e. The quantitative estimate of drug-likeness (QED) is 0.425. The lowest BCUT2D eigenvalue weighted by atomic mass is 10.00. The molecule has 0 amide bonds. The highest BCUT2D eigenvalue weighted by Gasteiger charge is 2.23. The van der Waals surface area contributed by atoms with E-state index in [0.29, 0.717) is 10.4 Å². The van der Waals surface area contributed by atoms with Crippen LogP contribution in [0.3, 0.4) is 0 Å². The molecule has 4 nitrogen and oxygen atoms in total. The lowest BCUT2D eigenvalue weighted by molar-refractivity contribution is 0.471. The zero-order valence-corrected chi connectivity index (χ0v) is 15.0. The number of hydrogen-bond donors (Lipinski definition) is 3. The van der Waals surface area contributed by atoms with Crippen molar-refractivity contribution in [3.05, 3.63) is 68.8 Å². The number of nitrogens with one attached hydrogen (secondary N) is 1. The maximum Gasteiger partial charge on any atom is 0.260 e. The van der Waals surface area contributed by atoms with E-state index in [1.54, 1.807) is 0 Å². The van der Waals surface area contributed by atoms with Gasteiger partial charge in [-0.1, -0.05) is 23.7 Å². The molecule has 0 aliphatic heterocycles. The van der Waals surface area contributed by atoms with Gasteiger partial charge in [0, 0.05) is 17.2 Å². The monoisotopic (exact) mass is 405 g/mol. The van der Waals surface area contributed by atoms with Crippen LogP contribution < -0.4 is 5.56 Å². The number of H-pyrrole nitrogens is 1. The van der Waals surface area contributed by atoms with Crippen molar-refractivity contribution < 1.29 is 19.0 Å². The molecule has 2 aromatic carbocycles. The second kappa shape index (κ2) is 6.37. The summed E-state index contributed by atoms with van der Waals surface area (Å²) in [5.41, 5.74) is 0.166. The zero-order valence-electron chi connectivity index (χ0n) is 13.4. The van der Waals surface area contributed by atoms with E-state index in [9.17, 15) is 23.8 Å². The Kier molecular flexibility index (Phi) is 4.13. The standard InChI is InChI=1S/C19H10ClF2NO3S/c20-17-14(11-6-5-10(22)7-12(11)24)15-16(25)13(18(26)23-19(15)27-17)8-1-3-9(21)4-2-8/h1-7,24H,(H2,23,25,26). The maximum atomic E-state index is 13.3. The first kappa shape index (κ1) is 17.5. The van der Waals surface area contributed by atoms with Gasteiger partial charge in [-0.05, 0) is 29.8 Å². The molecule has 0 saturated carbocycles. The van der Waals surface area contributed by atoms with Gasteiger partial charge in [0.2, 0.25) is 0 Å². The average molecular weight is 406 g/mol. The third-order valence-corrected chi connectivity index (χ3v) is 5.47. The van der Waals surface area contributed by atoms with Gasteiger partial charge in [0.25, 0.3) is 5.56 Å². The number of phenols is 1. The number of thiophene rings is 1. The van der Waals surface area contributed by atoms with Gasteiger partial charge in [0.05, 0.1) is 10.9 Å². The van der Waals surface area contributed by atoms with E-state index in [1.165, 1.54) is 30.3 Å². The molecule has 0 fully saturated rings. The number of halogens is 3. The van der Waals surface area contributed by atoms with Gasteiger partial charge in [-0.2, -0.15) is 0 Å². The first-order valence-corrected chi connectivity index (χ1v) is 8.88. The number of pyridine rings is 1. The molecule has 4 rings (SSSR count). The fourth-order valence-corrected chi connectivity index (χ4v) is 4.32. The maximum absolute atomic E-state index is 13.3. The molecule has 136 valence electrons. The molecule has 8 heteroatoms. The SMILES string of the molecule is O=c1[nH]c2sc(Cl)c(-c3ccc(F)cc3O)c2c(O)c1-c1ccc(F)cc1. The molecule has 27 heavy (non-hydrogen) atoms. The Balaban J connectivity index is 2.07. The Bertz CT molecular complexity index is 1250. The number of hydrogen-bond acceptors (Lipinski definition) is 4. The van der Waals surface area contributed by atoms with Crippen molar-refractivity contribution in [2.24, 2.45) is 0 Å². The van der Waals surface area contributed by atoms with Crippen LogP contribution in [-0.4, -0.2) is 15.2 Å². The van der Waals surface area contributed by atoms with Crippen LogP contribution in [-0.2, 0) is 0 Å². The molecule has 2 aromatic heterocycles. The minimum absolute atomic E-state index is 0.0557. The number of phenolic OH excluding ortho intramolecular Hbond substituents is 1. The molecule has 0 spiro atoms. The van der Waals surface area contributed by atoms with Crippen LogP contribution in [0, 0.1) is 11.6 Å². The number of rotatable bonds is 2. The van der Waals surface area contributed by atoms with E-state index in [1.807, 2.05) is 0 Å². The smallest absolute Gasteiger partial charge is 0.260 e. The molecule has 0 aliphatic carbocycles. The fourth-order valence-electron chi connectivity index (χ4n) is 2.96. The lowest BCUT2D eigenvalue weighted by Crippen LogP contribution is -2.08. The molecule has 0 saturated heterocycles. The van der Waals surface area contributed by atoms with Gasteiger partial charge in [-0.3, -0.25) is 4.79 Å². The Hall–Kier alpha value is -2.90. The molecular formula is C19H10ClF2NO3S. The van der Waals surface area contributed by atoms with Gasteiger partial charge in [-0.25, -0.2) is 8.78 Å². The zero-order chi connectivity index (χ0) is 19.3. The first-order valence-electron chi connectivity index (χ1n) is 7.69. The minimum atomic E-state index is -0.628. The molecule has 0 atom stereocenters. The molecule has 0 unspecified atom stereocenters. The van der Waals surface area contributed by atoms with Crippen molar-refractivity contribution in [3.63, 3.8) is 0 Å². The predicted octanol–water partition coefficient (Wildman–Crippen LogP) is 5.27. The van der Waals surface area contributed by atoms with Crippen molar-refractivity contribution in [3.8, 4) is 33.8 Å². The van der Waals surface area contributed by atoms with E-state index in [-0.39, 0.29) is 37.9 Å². The summed E-state index contributed by atoms with van der Waals surface area (Å²) in [6.07, 6.45) is 0. The van der Waals surface area contributed by atoms with Crippen LogP contribution in [0.25, 0.3) is 32.5 Å². The number of aromatic nitrogens is 1. The van der Waals surface area contributed by atoms with Crippen molar-refractivity contribution >= 4 is 33.2 Å². The second-order valence-electron chi connectivity index (χ2n) is 5.80. The first-order chi connectivity index (χ1) is 12.9. The predicted molar refractivity (Wildman–Crippen MR) is 102 cm³/mol. The summed E-state index contributed by atoms with van der Waals surface area (Å²) >= 11 is 7.29. The van der Waals surface area contributed by atoms with Gasteiger partial charge in [-0.15, -0.1) is 11.3 Å². The van der Waals surface area contributed by atoms with E-state index in [0.717, 1.165) is 23.5 Å². The number of aromatic amines is 1. The minimum Gasteiger partial charge on any atom is -0.507 e. The normalized spacial score (nSPS) is 11.2. The van der Waals surface area contributed by atoms with E-state index >= 15 is 0 Å². The van der Waals surface area contributed by atoms with Gasteiger partial charge >= 0.3 is 0 Å². The Morgan fingerprint density at radius 1 is 0.963 bits per heavy atom. The molecule has 0 radical (unpaired) electrons. The lowest BCUT2D eigenvalue weighted by Gasteiger charge is -2.09. The van der Waals surface area contributed by atoms with Gasteiger partial charge in [0.15, 0.2) is 0 Å². The highest BCUT2D eigenvalue weighted by molar-refractivity contribution is 7.23. The third-order valence-electron chi connectivity index (χ3n) is 4.16. The molecule has 3 N–H and O–H groups in total. The summed E-state index contributed by atoms with van der Waals surface area (Å²) in [4.78, 5) is 15.4. The Labute approximate surface area is 159 Å². The topological polar surface area (TPSA) is 73.3 Å². The summed E-state index contributed by atoms with van der Waals surface area (Å²) in [6, 6.07) is 8.50. The fraction of sp³-hybridized carbons (Fsp3) is 0. The molecule has 2 heterocycles. The summed E-state index contributed by atoms with van der Waals surface area (Å²) in [7, 11) is 0. The van der Waals surface area contributed by atoms with Crippen molar-refractivity contribution in [2.75, 3.05) is 0 Å². The third kappa shape index (κ3) is 2.85. The van der Waals surface area contributed by atoms with Gasteiger partial charge < -0.3 is 15.2 Å². The average Bonchev–Trinajstić information content (AvgIpc) is 2.92. The van der Waals surface area contributed by atoms with Crippen LogP contribution in [0.15, 0.2) is 47.3 Å². The summed E-state index contributed by atoms with van der Waals surface area (Å²) in [5, 5.41) is 21.2. The van der Waals surface area contributed by atoms with Crippen molar-refractivity contribution in [2.45, 2.75) is 0 Å². The number of fused-ring (bicyclic) bond motifs is 1. The van der Waals surface area contributed by atoms with Crippen LogP contribution >= 0.6 is 22.9 Å². The summed E-state index contributed by atoms with van der Waals surface area (Å²) in [5.74, 6) is -1.82.